The van der Waals surface area contributed by atoms with Crippen LogP contribution in [0.15, 0.2) is 48.5 Å². The Morgan fingerprint density at radius 2 is 1.10 bits per heavy atom. The molecule has 2 aliphatic rings. The molecule has 2 fully saturated rings. The van der Waals surface area contributed by atoms with E-state index in [1.54, 1.807) is 87.9 Å². The van der Waals surface area contributed by atoms with Gasteiger partial charge in [0.05, 0.1) is 43.7 Å². The molecule has 2 atom stereocenters. The molecule has 0 radical (unpaired) electrons. The normalized spacial score (nSPS) is 15.4. The summed E-state index contributed by atoms with van der Waals surface area (Å²) in [6.07, 6.45) is 0.406. The van der Waals surface area contributed by atoms with Crippen LogP contribution in [0.3, 0.4) is 0 Å². The molecule has 0 aliphatic carbocycles. The minimum absolute atomic E-state index is 0.00545. The number of nitrogens with zero attached hydrogens (tertiary/aromatic N) is 7. The Labute approximate surface area is 405 Å². The number of methoxy groups -OCH3 is 2. The molecule has 24 nitrogen and oxygen atoms in total. The highest BCUT2D eigenvalue weighted by Crippen LogP contribution is 2.35. The van der Waals surface area contributed by atoms with Crippen molar-refractivity contribution in [2.75, 3.05) is 80.6 Å². The van der Waals surface area contributed by atoms with Crippen molar-refractivity contribution in [3.63, 3.8) is 0 Å². The molecule has 24 heteroatoms. The summed E-state index contributed by atoms with van der Waals surface area (Å²) >= 11 is 0. The number of nitrogens with two attached hydrogens (primary N) is 1. The fourth-order valence-electron chi connectivity index (χ4n) is 6.96. The monoisotopic (exact) mass is 974 g/mol. The van der Waals surface area contributed by atoms with Gasteiger partial charge in [0.1, 0.15) is 28.4 Å². The van der Waals surface area contributed by atoms with Crippen LogP contribution >= 0.6 is 0 Å². The van der Waals surface area contributed by atoms with E-state index in [2.05, 4.69) is 41.2 Å². The van der Waals surface area contributed by atoms with Gasteiger partial charge in [0.15, 0.2) is 11.5 Å². The number of amides is 2. The fraction of sp³-hybridized carbons (Fsp3) is 0.478. The van der Waals surface area contributed by atoms with Crippen molar-refractivity contribution in [1.82, 2.24) is 29.7 Å². The number of rotatable bonds is 15. The van der Waals surface area contributed by atoms with E-state index >= 15 is 0 Å². The first-order chi connectivity index (χ1) is 33.1. The smallest absolute Gasteiger partial charge is 0.410 e. The Kier molecular flexibility index (Phi) is 17.7. The lowest BCUT2D eigenvalue weighted by Crippen LogP contribution is -2.36. The van der Waals surface area contributed by atoms with Crippen LogP contribution in [0, 0.1) is 10.1 Å². The summed E-state index contributed by atoms with van der Waals surface area (Å²) in [5.74, 6) is -0.449. The number of nitrogen functional groups attached to an aromatic ring is 1. The van der Waals surface area contributed by atoms with Gasteiger partial charge in [-0.25, -0.2) is 24.2 Å². The predicted molar refractivity (Wildman–Crippen MR) is 259 cm³/mol. The van der Waals surface area contributed by atoms with Crippen molar-refractivity contribution in [3.8, 4) is 11.5 Å². The highest BCUT2D eigenvalue weighted by molar-refractivity contribution is 5.97. The number of benzene rings is 2. The topological polar surface area (TPSA) is 299 Å². The minimum atomic E-state index is -0.959. The van der Waals surface area contributed by atoms with E-state index in [1.165, 1.54) is 7.11 Å². The number of carbonyl (C=O) groups excluding carboxylic acids is 4. The first kappa shape index (κ1) is 53.0. The highest BCUT2D eigenvalue weighted by atomic mass is 16.6. The van der Waals surface area contributed by atoms with E-state index in [0.717, 1.165) is 0 Å². The summed E-state index contributed by atoms with van der Waals surface area (Å²) in [5, 5.41) is 24.2. The van der Waals surface area contributed by atoms with Crippen LogP contribution in [0.4, 0.5) is 55.9 Å². The lowest BCUT2D eigenvalue weighted by molar-refractivity contribution is -0.384. The second-order valence-electron chi connectivity index (χ2n) is 17.7. The first-order valence-corrected chi connectivity index (χ1v) is 22.5. The predicted octanol–water partition coefficient (Wildman–Crippen LogP) is 7.14. The quantitative estimate of drug-likeness (QED) is 0.0342. The van der Waals surface area contributed by atoms with Gasteiger partial charge < -0.3 is 65.2 Å². The molecule has 2 saturated heterocycles. The van der Waals surface area contributed by atoms with Crippen molar-refractivity contribution < 1.29 is 52.5 Å². The first-order valence-electron chi connectivity index (χ1n) is 22.5. The molecule has 70 heavy (non-hydrogen) atoms. The van der Waals surface area contributed by atoms with Crippen LogP contribution < -0.4 is 36.5 Å². The molecular formula is C46H62N12O12. The number of ether oxygens (including phenoxy) is 6. The standard InChI is InChI=1S/C23H30N6O7.C23H32N6O5/c1-6-35-20(30)17-18(29(32)33)19(25-15-9-7-8-10-16(15)34-5)27-21(26-17)24-14-11-12-28(13-14)22(31)36-23(2,3)4;1-6-33-20(30)18-17(24)19(26-15-9-7-8-10-16(15)32-5)28-21(27-18)25-14-11-12-29(13-14)22(31)34-23(2,3)4/h7-10,14H,6,11-13H2,1-5H3,(H2,24,25,26,27);7-10,14H,6,11-13,24H2,1-5H3,(H2,25,26,27,28)/t2*14-/m00/s1. The van der Waals surface area contributed by atoms with Crippen molar-refractivity contribution in [1.29, 1.82) is 0 Å². The van der Waals surface area contributed by atoms with E-state index < -0.39 is 45.5 Å². The van der Waals surface area contributed by atoms with E-state index in [-0.39, 0.29) is 66.3 Å². The second kappa shape index (κ2) is 23.4. The van der Waals surface area contributed by atoms with Crippen molar-refractivity contribution in [2.45, 2.75) is 91.5 Å². The summed E-state index contributed by atoms with van der Waals surface area (Å²) in [7, 11) is 3.01. The van der Waals surface area contributed by atoms with Gasteiger partial charge >= 0.3 is 29.8 Å². The van der Waals surface area contributed by atoms with Gasteiger partial charge in [-0.1, -0.05) is 24.3 Å². The van der Waals surface area contributed by atoms with Crippen molar-refractivity contribution >= 4 is 70.4 Å². The van der Waals surface area contributed by atoms with Gasteiger partial charge in [-0.2, -0.15) is 15.0 Å². The molecule has 2 amide bonds. The number of aromatic nitrogens is 4. The fourth-order valence-corrected chi connectivity index (χ4v) is 6.96. The Morgan fingerprint density at radius 1 is 0.686 bits per heavy atom. The number of esters is 2. The zero-order chi connectivity index (χ0) is 51.3. The molecule has 6 N–H and O–H groups in total. The number of hydrogen-bond donors (Lipinski definition) is 5. The number of nitro groups is 1. The molecule has 2 aliphatic heterocycles. The summed E-state index contributed by atoms with van der Waals surface area (Å²) < 4.78 is 31.7. The number of para-hydroxylation sites is 4. The maximum atomic E-state index is 12.6. The number of carbonyl (C=O) groups is 4. The summed E-state index contributed by atoms with van der Waals surface area (Å²) in [4.78, 5) is 81.5. The molecule has 6 rings (SSSR count). The highest BCUT2D eigenvalue weighted by Gasteiger charge is 2.35. The van der Waals surface area contributed by atoms with E-state index in [1.807, 2.05) is 32.9 Å². The SMILES string of the molecule is CCOC(=O)c1nc(N[C@H]2CCN(C(=O)OC(C)(C)C)C2)nc(Nc2ccccc2OC)c1N.CCOC(=O)c1nc(N[C@H]2CCN(C(=O)OC(C)(C)C)C2)nc(Nc2ccccc2OC)c1[N+](=O)[O-]. The third-order valence-corrected chi connectivity index (χ3v) is 10.0. The van der Waals surface area contributed by atoms with Gasteiger partial charge in [0.2, 0.25) is 23.4 Å². The number of hydrogen-bond acceptors (Lipinski definition) is 21. The Morgan fingerprint density at radius 3 is 1.53 bits per heavy atom. The minimum Gasteiger partial charge on any atom is -0.495 e. The summed E-state index contributed by atoms with van der Waals surface area (Å²) in [6, 6.07) is 13.6. The van der Waals surface area contributed by atoms with Crippen LogP contribution in [0.1, 0.15) is 89.2 Å². The van der Waals surface area contributed by atoms with Gasteiger partial charge in [-0.3, -0.25) is 10.1 Å². The molecule has 0 unspecified atom stereocenters. The van der Waals surface area contributed by atoms with E-state index in [9.17, 15) is 29.3 Å². The molecule has 0 bridgehead atoms. The zero-order valence-corrected chi connectivity index (χ0v) is 41.0. The molecular weight excluding hydrogens is 913 g/mol. The maximum Gasteiger partial charge on any atom is 0.410 e. The van der Waals surface area contributed by atoms with E-state index in [4.69, 9.17) is 34.2 Å². The average Bonchev–Trinajstić information content (AvgIpc) is 3.97. The van der Waals surface area contributed by atoms with Crippen LogP contribution in [0.5, 0.6) is 11.5 Å². The molecule has 2 aromatic heterocycles. The number of anilines is 7. The molecule has 2 aromatic carbocycles. The molecule has 378 valence electrons. The third-order valence-electron chi connectivity index (χ3n) is 10.0. The van der Waals surface area contributed by atoms with Crippen LogP contribution in [0.2, 0.25) is 0 Å². The Bertz CT molecular complexity index is 2520. The van der Waals surface area contributed by atoms with E-state index in [0.29, 0.717) is 61.9 Å². The Hall–Kier alpha value is -7.92. The van der Waals surface area contributed by atoms with Crippen molar-refractivity contribution in [3.05, 3.63) is 70.0 Å². The zero-order valence-electron chi connectivity index (χ0n) is 41.0. The van der Waals surface area contributed by atoms with Gasteiger partial charge in [0.25, 0.3) is 0 Å². The number of likely N-dealkylation sites (tertiary alicyclic amines) is 2. The van der Waals surface area contributed by atoms with Crippen LogP contribution in [-0.2, 0) is 18.9 Å². The molecule has 4 heterocycles. The maximum absolute atomic E-state index is 12.6. The molecule has 4 aromatic rings. The second-order valence-corrected chi connectivity index (χ2v) is 17.7. The Balaban J connectivity index is 0.000000261. The lowest BCUT2D eigenvalue weighted by atomic mass is 10.2. The average molecular weight is 975 g/mol. The number of nitrogens with one attached hydrogen (secondary N) is 4. The van der Waals surface area contributed by atoms with Crippen molar-refractivity contribution in [2.24, 2.45) is 0 Å². The molecule has 0 saturated carbocycles. The lowest BCUT2D eigenvalue weighted by Gasteiger charge is -2.24. The van der Waals surface area contributed by atoms with Crippen LogP contribution in [0.25, 0.3) is 0 Å². The van der Waals surface area contributed by atoms with Gasteiger partial charge in [-0.15, -0.1) is 0 Å². The van der Waals surface area contributed by atoms with Crippen LogP contribution in [-0.4, -0.2) is 136 Å². The third kappa shape index (κ3) is 14.5. The molecule has 0 spiro atoms. The summed E-state index contributed by atoms with van der Waals surface area (Å²) in [6.45, 7) is 16.0. The summed E-state index contributed by atoms with van der Waals surface area (Å²) in [5.41, 5.74) is 4.91. The largest absolute Gasteiger partial charge is 0.495 e. The van der Waals surface area contributed by atoms with Gasteiger partial charge in [0, 0.05) is 38.3 Å². The van der Waals surface area contributed by atoms with Gasteiger partial charge in [-0.05, 0) is 92.5 Å².